The molecule has 40 heavy (non-hydrogen) atoms. The fraction of sp³-hybridized carbons (Fsp3) is 0.533. The molecule has 1 saturated carbocycles. The summed E-state index contributed by atoms with van der Waals surface area (Å²) in [6, 6.07) is 5.48. The Morgan fingerprint density at radius 2 is 1.93 bits per heavy atom. The van der Waals surface area contributed by atoms with Gasteiger partial charge in [0.1, 0.15) is 17.0 Å². The van der Waals surface area contributed by atoms with Crippen molar-refractivity contribution in [2.45, 2.75) is 82.4 Å². The zero-order valence-corrected chi connectivity index (χ0v) is 24.3. The van der Waals surface area contributed by atoms with Gasteiger partial charge in [0, 0.05) is 24.2 Å². The second-order valence-electron chi connectivity index (χ2n) is 12.6. The maximum absolute atomic E-state index is 15.8. The first-order valence-corrected chi connectivity index (χ1v) is 14.5. The fourth-order valence-corrected chi connectivity index (χ4v) is 7.33. The SMILES string of the molecule is CC(C)(C)C[C@H]1N[C@@H](C(=O)NCC[C@@H]2CC[C@H](O)C2)[C@H](c2cccc(Cl)c2F)[C@@]12C(=O)Nc1cc(Cl)c(F)cc12. The third kappa shape index (κ3) is 5.13. The van der Waals surface area contributed by atoms with Gasteiger partial charge in [-0.3, -0.25) is 9.59 Å². The number of carbonyl (C=O) groups excluding carboxylic acids is 2. The minimum Gasteiger partial charge on any atom is -0.393 e. The smallest absolute Gasteiger partial charge is 0.237 e. The third-order valence-electron chi connectivity index (χ3n) is 8.67. The summed E-state index contributed by atoms with van der Waals surface area (Å²) >= 11 is 12.3. The Kier molecular flexibility index (Phi) is 7.94. The molecule has 0 unspecified atom stereocenters. The van der Waals surface area contributed by atoms with Crippen LogP contribution in [0.2, 0.25) is 10.0 Å². The van der Waals surface area contributed by atoms with Crippen LogP contribution in [0, 0.1) is 23.0 Å². The monoisotopic (exact) mass is 593 g/mol. The van der Waals surface area contributed by atoms with Gasteiger partial charge >= 0.3 is 0 Å². The lowest BCUT2D eigenvalue weighted by atomic mass is 9.62. The highest BCUT2D eigenvalue weighted by molar-refractivity contribution is 6.31. The number of carbonyl (C=O) groups is 2. The largest absolute Gasteiger partial charge is 0.393 e. The fourth-order valence-electron chi connectivity index (χ4n) is 6.98. The van der Waals surface area contributed by atoms with E-state index >= 15 is 4.39 Å². The minimum atomic E-state index is -1.52. The maximum Gasteiger partial charge on any atom is 0.237 e. The van der Waals surface area contributed by atoms with Crippen LogP contribution in [0.15, 0.2) is 30.3 Å². The number of aliphatic hydroxyl groups excluding tert-OH is 1. The van der Waals surface area contributed by atoms with Crippen molar-refractivity contribution >= 4 is 40.7 Å². The highest BCUT2D eigenvalue weighted by Gasteiger charge is 2.66. The molecule has 2 aromatic carbocycles. The van der Waals surface area contributed by atoms with Crippen LogP contribution in [0.5, 0.6) is 0 Å². The molecule has 2 fully saturated rings. The highest BCUT2D eigenvalue weighted by Crippen LogP contribution is 2.57. The molecule has 1 saturated heterocycles. The summed E-state index contributed by atoms with van der Waals surface area (Å²) < 4.78 is 30.8. The van der Waals surface area contributed by atoms with E-state index in [1.807, 2.05) is 20.8 Å². The van der Waals surface area contributed by atoms with Crippen LogP contribution in [0.3, 0.4) is 0 Å². The van der Waals surface area contributed by atoms with Crippen molar-refractivity contribution in [1.82, 2.24) is 10.6 Å². The Morgan fingerprint density at radius 1 is 1.18 bits per heavy atom. The number of hydrogen-bond acceptors (Lipinski definition) is 4. The van der Waals surface area contributed by atoms with Crippen molar-refractivity contribution in [1.29, 1.82) is 0 Å². The lowest BCUT2D eigenvalue weighted by molar-refractivity contribution is -0.123. The van der Waals surface area contributed by atoms with Crippen LogP contribution in [-0.4, -0.2) is 41.7 Å². The van der Waals surface area contributed by atoms with E-state index in [0.29, 0.717) is 43.0 Å². The Morgan fingerprint density at radius 3 is 2.60 bits per heavy atom. The van der Waals surface area contributed by atoms with Crippen LogP contribution in [0.4, 0.5) is 14.5 Å². The predicted octanol–water partition coefficient (Wildman–Crippen LogP) is 5.69. The summed E-state index contributed by atoms with van der Waals surface area (Å²) in [5.41, 5.74) is -1.04. The number of amides is 2. The van der Waals surface area contributed by atoms with E-state index in [2.05, 4.69) is 16.0 Å². The Hall–Kier alpha value is -2.26. The molecule has 2 aromatic rings. The normalized spacial score (nSPS) is 29.6. The molecule has 6 nitrogen and oxygen atoms in total. The summed E-state index contributed by atoms with van der Waals surface area (Å²) in [5.74, 6) is -2.98. The molecule has 216 valence electrons. The number of halogens is 4. The first kappa shape index (κ1) is 29.2. The number of nitrogens with one attached hydrogen (secondary N) is 3. The third-order valence-corrected chi connectivity index (χ3v) is 9.25. The molecule has 1 aliphatic carbocycles. The van der Waals surface area contributed by atoms with Gasteiger partial charge in [0.25, 0.3) is 0 Å². The molecular formula is C30H35Cl2F2N3O3. The molecule has 0 aromatic heterocycles. The van der Waals surface area contributed by atoms with Crippen LogP contribution < -0.4 is 16.0 Å². The molecule has 4 N–H and O–H groups in total. The van der Waals surface area contributed by atoms with Gasteiger partial charge in [0.05, 0.1) is 22.2 Å². The molecule has 10 heteroatoms. The summed E-state index contributed by atoms with van der Waals surface area (Å²) in [7, 11) is 0. The van der Waals surface area contributed by atoms with Gasteiger partial charge in [-0.25, -0.2) is 8.78 Å². The quantitative estimate of drug-likeness (QED) is 0.346. The highest BCUT2D eigenvalue weighted by atomic mass is 35.5. The number of aliphatic hydroxyl groups is 1. The molecule has 6 atom stereocenters. The van der Waals surface area contributed by atoms with Crippen LogP contribution in [-0.2, 0) is 15.0 Å². The van der Waals surface area contributed by atoms with Gasteiger partial charge in [-0.2, -0.15) is 0 Å². The zero-order valence-electron chi connectivity index (χ0n) is 22.8. The van der Waals surface area contributed by atoms with Crippen LogP contribution >= 0.6 is 23.2 Å². The second kappa shape index (κ2) is 10.9. The van der Waals surface area contributed by atoms with E-state index in [1.165, 1.54) is 24.3 Å². The van der Waals surface area contributed by atoms with Gasteiger partial charge in [-0.1, -0.05) is 56.1 Å². The number of hydrogen-bond donors (Lipinski definition) is 4. The van der Waals surface area contributed by atoms with E-state index < -0.39 is 41.0 Å². The summed E-state index contributed by atoms with van der Waals surface area (Å²) in [5, 5.41) is 18.8. The predicted molar refractivity (Wildman–Crippen MR) is 152 cm³/mol. The molecular weight excluding hydrogens is 559 g/mol. The Balaban J connectivity index is 1.61. The van der Waals surface area contributed by atoms with Crippen LogP contribution in [0.25, 0.3) is 0 Å². The number of fused-ring (bicyclic) bond motifs is 2. The maximum atomic E-state index is 15.8. The van der Waals surface area contributed by atoms with Gasteiger partial charge < -0.3 is 21.1 Å². The van der Waals surface area contributed by atoms with E-state index in [1.54, 1.807) is 6.07 Å². The van der Waals surface area contributed by atoms with Gasteiger partial charge in [0.15, 0.2) is 0 Å². The molecule has 0 bridgehead atoms. The van der Waals surface area contributed by atoms with Gasteiger partial charge in [-0.15, -0.1) is 0 Å². The van der Waals surface area contributed by atoms with Gasteiger partial charge in [0.2, 0.25) is 11.8 Å². The lowest BCUT2D eigenvalue weighted by Crippen LogP contribution is -2.49. The molecule has 2 aliphatic heterocycles. The molecule has 5 rings (SSSR count). The topological polar surface area (TPSA) is 90.5 Å². The van der Waals surface area contributed by atoms with Crippen molar-refractivity contribution in [2.75, 3.05) is 11.9 Å². The summed E-state index contributed by atoms with van der Waals surface area (Å²) in [6.07, 6.45) is 3.19. The van der Waals surface area contributed by atoms with Crippen molar-refractivity contribution in [3.05, 3.63) is 63.1 Å². The van der Waals surface area contributed by atoms with Crippen molar-refractivity contribution < 1.29 is 23.5 Å². The molecule has 2 amide bonds. The first-order valence-electron chi connectivity index (χ1n) is 13.8. The second-order valence-corrected chi connectivity index (χ2v) is 13.4. The average molecular weight is 595 g/mol. The van der Waals surface area contributed by atoms with Gasteiger partial charge in [-0.05, 0) is 72.8 Å². The Labute approximate surface area is 243 Å². The van der Waals surface area contributed by atoms with Crippen LogP contribution in [0.1, 0.15) is 69.9 Å². The molecule has 1 spiro atoms. The van der Waals surface area contributed by atoms with E-state index in [0.717, 1.165) is 12.8 Å². The van der Waals surface area contributed by atoms with Crippen molar-refractivity contribution in [2.24, 2.45) is 11.3 Å². The minimum absolute atomic E-state index is 0.105. The van der Waals surface area contributed by atoms with E-state index in [-0.39, 0.29) is 33.0 Å². The molecule has 3 aliphatic rings. The number of rotatable bonds is 6. The number of benzene rings is 2. The first-order chi connectivity index (χ1) is 18.8. The molecule has 2 heterocycles. The van der Waals surface area contributed by atoms with Crippen molar-refractivity contribution in [3.8, 4) is 0 Å². The summed E-state index contributed by atoms with van der Waals surface area (Å²) in [4.78, 5) is 28.0. The average Bonchev–Trinajstić information content (AvgIpc) is 3.51. The van der Waals surface area contributed by atoms with E-state index in [9.17, 15) is 19.1 Å². The standard InChI is InChI=1S/C30H35Cl2F2N3O3/c1-29(2,3)14-23-30(18-12-21(33)20(32)13-22(18)36-28(30)40)24(17-5-4-6-19(31)25(17)34)26(37-23)27(39)35-10-9-15-7-8-16(38)11-15/h4-6,12-13,15-16,23-24,26,37-38H,7-11,14H2,1-3H3,(H,35,39)(H,36,40)/t15-,16-,23+,24-,26+,30-/m0/s1. The lowest BCUT2D eigenvalue weighted by Gasteiger charge is -2.37. The summed E-state index contributed by atoms with van der Waals surface area (Å²) in [6.45, 7) is 6.41. The number of anilines is 1. The zero-order chi connectivity index (χ0) is 29.0. The van der Waals surface area contributed by atoms with E-state index in [4.69, 9.17) is 23.2 Å². The Bertz CT molecular complexity index is 1330. The van der Waals surface area contributed by atoms with Crippen molar-refractivity contribution in [3.63, 3.8) is 0 Å². The molecule has 0 radical (unpaired) electrons.